The molecular formula is C16H16N4OS2. The highest BCUT2D eigenvalue weighted by Gasteiger charge is 2.17. The zero-order chi connectivity index (χ0) is 16.2. The Morgan fingerprint density at radius 1 is 1.26 bits per heavy atom. The summed E-state index contributed by atoms with van der Waals surface area (Å²) in [5.74, 6) is -0.0937. The Labute approximate surface area is 142 Å². The number of benzene rings is 1. The molecule has 7 heteroatoms. The minimum atomic E-state index is -0.266. The Balaban J connectivity index is 1.66. The van der Waals surface area contributed by atoms with E-state index in [9.17, 15) is 4.79 Å². The topological polar surface area (TPSA) is 67.8 Å². The van der Waals surface area contributed by atoms with E-state index in [1.54, 1.807) is 0 Å². The first-order valence-electron chi connectivity index (χ1n) is 7.31. The highest BCUT2D eigenvalue weighted by atomic mass is 32.2. The van der Waals surface area contributed by atoms with Gasteiger partial charge in [0.1, 0.15) is 5.01 Å². The number of hydrogen-bond donors (Lipinski definition) is 1. The number of carbonyl (C=O) groups excluding carboxylic acids is 1. The molecule has 1 N–H and O–H groups in total. The first-order valence-corrected chi connectivity index (χ1v) is 9.01. The van der Waals surface area contributed by atoms with Crippen LogP contribution in [0.25, 0.3) is 10.9 Å². The lowest BCUT2D eigenvalue weighted by molar-refractivity contribution is -0.115. The van der Waals surface area contributed by atoms with Crippen LogP contribution in [0, 0.1) is 0 Å². The van der Waals surface area contributed by atoms with Crippen molar-refractivity contribution in [2.75, 3.05) is 5.32 Å². The monoisotopic (exact) mass is 344 g/mol. The Morgan fingerprint density at radius 3 is 2.87 bits per heavy atom. The molecule has 3 aromatic rings. The van der Waals surface area contributed by atoms with Gasteiger partial charge < -0.3 is 0 Å². The molecule has 0 radical (unpaired) electrons. The van der Waals surface area contributed by atoms with Gasteiger partial charge in [-0.05, 0) is 25.5 Å². The lowest BCUT2D eigenvalue weighted by Gasteiger charge is -2.10. The molecule has 0 bridgehead atoms. The van der Waals surface area contributed by atoms with Gasteiger partial charge in [0.25, 0.3) is 0 Å². The molecule has 0 aliphatic carbocycles. The van der Waals surface area contributed by atoms with E-state index in [0.717, 1.165) is 27.4 Å². The highest BCUT2D eigenvalue weighted by molar-refractivity contribution is 8.00. The van der Waals surface area contributed by atoms with Crippen LogP contribution in [0.3, 0.4) is 0 Å². The predicted octanol–water partition coefficient (Wildman–Crippen LogP) is 3.77. The van der Waals surface area contributed by atoms with Crippen molar-refractivity contribution in [3.63, 3.8) is 0 Å². The van der Waals surface area contributed by atoms with Gasteiger partial charge in [-0.25, -0.2) is 4.98 Å². The average molecular weight is 344 g/mol. The van der Waals surface area contributed by atoms with E-state index in [0.29, 0.717) is 5.13 Å². The number of nitrogens with zero attached hydrogens (tertiary/aromatic N) is 3. The summed E-state index contributed by atoms with van der Waals surface area (Å²) in [5.41, 5.74) is 0.932. The van der Waals surface area contributed by atoms with Crippen LogP contribution in [-0.2, 0) is 11.2 Å². The van der Waals surface area contributed by atoms with E-state index in [1.807, 2.05) is 50.2 Å². The second kappa shape index (κ2) is 7.06. The summed E-state index contributed by atoms with van der Waals surface area (Å²) in [7, 11) is 0. The van der Waals surface area contributed by atoms with Crippen molar-refractivity contribution < 1.29 is 4.79 Å². The van der Waals surface area contributed by atoms with Gasteiger partial charge >= 0.3 is 0 Å². The summed E-state index contributed by atoms with van der Waals surface area (Å²) in [6.45, 7) is 3.87. The summed E-state index contributed by atoms with van der Waals surface area (Å²) < 4.78 is 0. The van der Waals surface area contributed by atoms with Gasteiger partial charge in [-0.15, -0.1) is 10.2 Å². The molecule has 118 valence electrons. The van der Waals surface area contributed by atoms with Gasteiger partial charge in [-0.3, -0.25) is 10.1 Å². The summed E-state index contributed by atoms with van der Waals surface area (Å²) in [6.07, 6.45) is 0.818. The molecule has 0 spiro atoms. The Bertz CT molecular complexity index is 834. The second-order valence-corrected chi connectivity index (χ2v) is 7.37. The van der Waals surface area contributed by atoms with Gasteiger partial charge in [0.05, 0.1) is 15.8 Å². The number of hydrogen-bond acceptors (Lipinski definition) is 6. The van der Waals surface area contributed by atoms with Gasteiger partial charge in [-0.1, -0.05) is 54.3 Å². The van der Waals surface area contributed by atoms with Crippen molar-refractivity contribution >= 4 is 45.0 Å². The molecule has 0 saturated carbocycles. The average Bonchev–Trinajstić information content (AvgIpc) is 3.02. The summed E-state index contributed by atoms with van der Waals surface area (Å²) in [4.78, 5) is 16.8. The van der Waals surface area contributed by atoms with Crippen molar-refractivity contribution in [1.29, 1.82) is 0 Å². The molecule has 5 nitrogen and oxygen atoms in total. The Morgan fingerprint density at radius 2 is 2.09 bits per heavy atom. The van der Waals surface area contributed by atoms with Gasteiger partial charge in [0.2, 0.25) is 11.0 Å². The summed E-state index contributed by atoms with van der Waals surface area (Å²) in [6, 6.07) is 11.9. The van der Waals surface area contributed by atoms with Crippen LogP contribution in [0.2, 0.25) is 0 Å². The maximum atomic E-state index is 12.3. The number of pyridine rings is 1. The third kappa shape index (κ3) is 3.86. The molecule has 1 amide bonds. The molecule has 23 heavy (non-hydrogen) atoms. The Hall–Kier alpha value is -1.99. The van der Waals surface area contributed by atoms with Crippen molar-refractivity contribution in [2.24, 2.45) is 0 Å². The van der Waals surface area contributed by atoms with Crippen molar-refractivity contribution in [2.45, 2.75) is 30.5 Å². The van der Waals surface area contributed by atoms with Crippen LogP contribution in [0.1, 0.15) is 18.9 Å². The first kappa shape index (κ1) is 15.9. The quantitative estimate of drug-likeness (QED) is 0.714. The largest absolute Gasteiger partial charge is 0.300 e. The van der Waals surface area contributed by atoms with E-state index < -0.39 is 0 Å². The van der Waals surface area contributed by atoms with Gasteiger partial charge in [0.15, 0.2) is 0 Å². The molecule has 2 heterocycles. The van der Waals surface area contributed by atoms with Crippen molar-refractivity contribution in [3.8, 4) is 0 Å². The van der Waals surface area contributed by atoms with Gasteiger partial charge in [-0.2, -0.15) is 0 Å². The zero-order valence-electron chi connectivity index (χ0n) is 12.8. The Kier molecular flexibility index (Phi) is 4.88. The number of nitrogens with one attached hydrogen (secondary N) is 1. The maximum Gasteiger partial charge on any atom is 0.239 e. The number of anilines is 1. The fourth-order valence-electron chi connectivity index (χ4n) is 2.00. The molecule has 0 aliphatic heterocycles. The minimum absolute atomic E-state index is 0.0937. The number of thioether (sulfide) groups is 1. The van der Waals surface area contributed by atoms with Crippen molar-refractivity contribution in [1.82, 2.24) is 15.2 Å². The molecule has 3 rings (SSSR count). The number of carbonyl (C=O) groups is 1. The number of aromatic nitrogens is 3. The second-order valence-electron chi connectivity index (χ2n) is 4.95. The summed E-state index contributed by atoms with van der Waals surface area (Å²) in [5, 5.41) is 13.9. The first-order chi connectivity index (χ1) is 11.2. The number of rotatable bonds is 5. The lowest BCUT2D eigenvalue weighted by Crippen LogP contribution is -2.22. The fourth-order valence-corrected chi connectivity index (χ4v) is 3.51. The molecule has 0 unspecified atom stereocenters. The van der Waals surface area contributed by atoms with Crippen LogP contribution in [0.5, 0.6) is 0 Å². The third-order valence-corrected chi connectivity index (χ3v) is 5.26. The minimum Gasteiger partial charge on any atom is -0.300 e. The molecule has 1 aromatic carbocycles. The van der Waals surface area contributed by atoms with Crippen LogP contribution < -0.4 is 5.32 Å². The zero-order valence-corrected chi connectivity index (χ0v) is 14.4. The smallest absolute Gasteiger partial charge is 0.239 e. The molecule has 0 aliphatic rings. The SMILES string of the molecule is CCc1nnc(NC(=O)[C@H](C)Sc2ccc3ccccc3n2)s1. The van der Waals surface area contributed by atoms with Crippen LogP contribution >= 0.6 is 23.1 Å². The van der Waals surface area contributed by atoms with Crippen LogP contribution in [-0.4, -0.2) is 26.3 Å². The highest BCUT2D eigenvalue weighted by Crippen LogP contribution is 2.25. The molecular weight excluding hydrogens is 328 g/mol. The molecule has 2 aromatic heterocycles. The van der Waals surface area contributed by atoms with E-state index in [2.05, 4.69) is 20.5 Å². The predicted molar refractivity (Wildman–Crippen MR) is 95.0 cm³/mol. The normalized spacial score (nSPS) is 12.3. The standard InChI is InChI=1S/C16H16N4OS2/c1-3-13-19-20-16(23-13)18-15(21)10(2)22-14-9-8-11-6-4-5-7-12(11)17-14/h4-10H,3H2,1-2H3,(H,18,20,21)/t10-/m0/s1. The van der Waals surface area contributed by atoms with Gasteiger partial charge in [0, 0.05) is 5.39 Å². The van der Waals surface area contributed by atoms with E-state index in [-0.39, 0.29) is 11.2 Å². The van der Waals surface area contributed by atoms with E-state index in [4.69, 9.17) is 0 Å². The number of amides is 1. The van der Waals surface area contributed by atoms with E-state index in [1.165, 1.54) is 23.1 Å². The number of fused-ring (bicyclic) bond motifs is 1. The van der Waals surface area contributed by atoms with Crippen LogP contribution in [0.4, 0.5) is 5.13 Å². The molecule has 0 fully saturated rings. The van der Waals surface area contributed by atoms with E-state index >= 15 is 0 Å². The fraction of sp³-hybridized carbons (Fsp3) is 0.250. The maximum absolute atomic E-state index is 12.3. The number of aryl methyl sites for hydroxylation is 1. The number of para-hydroxylation sites is 1. The van der Waals surface area contributed by atoms with Crippen molar-refractivity contribution in [3.05, 3.63) is 41.4 Å². The third-order valence-electron chi connectivity index (χ3n) is 3.24. The molecule has 1 atom stereocenters. The molecule has 0 saturated heterocycles. The van der Waals surface area contributed by atoms with Crippen LogP contribution in [0.15, 0.2) is 41.4 Å². The lowest BCUT2D eigenvalue weighted by atomic mass is 10.2. The summed E-state index contributed by atoms with van der Waals surface area (Å²) >= 11 is 2.84.